The number of aromatic hydroxyl groups is 1. The second kappa shape index (κ2) is 8.29. The molecule has 1 saturated heterocycles. The van der Waals surface area contributed by atoms with E-state index < -0.39 is 6.10 Å². The van der Waals surface area contributed by atoms with Gasteiger partial charge in [-0.05, 0) is 48.5 Å². The number of piperazine rings is 1. The molecule has 0 radical (unpaired) electrons. The van der Waals surface area contributed by atoms with E-state index in [9.17, 15) is 15.0 Å². The maximum absolute atomic E-state index is 12.4. The van der Waals surface area contributed by atoms with Crippen molar-refractivity contribution in [3.05, 3.63) is 53.6 Å². The van der Waals surface area contributed by atoms with Crippen molar-refractivity contribution in [2.24, 2.45) is 0 Å². The molecule has 1 amide bonds. The number of phenolic OH excluding ortho intramolecular Hbond substituents is 1. The number of rotatable bonds is 6. The lowest BCUT2D eigenvalue weighted by Crippen LogP contribution is -2.53. The van der Waals surface area contributed by atoms with Crippen LogP contribution in [0.15, 0.2) is 48.5 Å². The molecule has 0 saturated carbocycles. The number of phenols is 1. The lowest BCUT2D eigenvalue weighted by molar-refractivity contribution is -0.132. The van der Waals surface area contributed by atoms with Gasteiger partial charge in [-0.3, -0.25) is 4.79 Å². The molecule has 0 aliphatic carbocycles. The van der Waals surface area contributed by atoms with E-state index in [4.69, 9.17) is 16.3 Å². The van der Waals surface area contributed by atoms with Crippen molar-refractivity contribution in [3.8, 4) is 11.5 Å². The molecule has 1 heterocycles. The molecule has 1 fully saturated rings. The average Bonchev–Trinajstić information content (AvgIpc) is 2.63. The van der Waals surface area contributed by atoms with Gasteiger partial charge < -0.3 is 24.7 Å². The molecule has 2 aromatic rings. The average molecular weight is 377 g/mol. The Bertz CT molecular complexity index is 736. The Labute approximate surface area is 157 Å². The van der Waals surface area contributed by atoms with Crippen molar-refractivity contribution >= 4 is 23.2 Å². The Balaban J connectivity index is 1.47. The first kappa shape index (κ1) is 18.4. The highest BCUT2D eigenvalue weighted by atomic mass is 35.5. The Morgan fingerprint density at radius 1 is 1.08 bits per heavy atom. The largest absolute Gasteiger partial charge is 0.508 e. The van der Waals surface area contributed by atoms with E-state index in [1.165, 1.54) is 12.1 Å². The summed E-state index contributed by atoms with van der Waals surface area (Å²) >= 11 is 5.90. The lowest BCUT2D eigenvalue weighted by atomic mass is 10.2. The predicted octanol–water partition coefficient (Wildman–Crippen LogP) is 2.13. The van der Waals surface area contributed by atoms with Crippen LogP contribution in [0.2, 0.25) is 5.02 Å². The molecular weight excluding hydrogens is 356 g/mol. The first-order valence-electron chi connectivity index (χ1n) is 8.39. The second-order valence-electron chi connectivity index (χ2n) is 6.20. The van der Waals surface area contributed by atoms with Crippen LogP contribution in [-0.2, 0) is 4.79 Å². The standard InChI is InChI=1S/C19H21ClN2O4/c20-14-1-3-15(4-2-14)21-9-10-22(19(25)12-21)11-17(24)13-26-18-7-5-16(23)6-8-18/h1-8,17,23-24H,9-13H2/t17-/m0/s1. The smallest absolute Gasteiger partial charge is 0.242 e. The number of anilines is 1. The van der Waals surface area contributed by atoms with Crippen molar-refractivity contribution in [1.29, 1.82) is 0 Å². The number of carbonyl (C=O) groups is 1. The molecule has 0 bridgehead atoms. The summed E-state index contributed by atoms with van der Waals surface area (Å²) in [5, 5.41) is 20.1. The molecule has 6 nitrogen and oxygen atoms in total. The predicted molar refractivity (Wildman–Crippen MR) is 99.9 cm³/mol. The number of hydrogen-bond acceptors (Lipinski definition) is 5. The highest BCUT2D eigenvalue weighted by Gasteiger charge is 2.25. The Kier molecular flexibility index (Phi) is 5.85. The molecule has 0 aromatic heterocycles. The van der Waals surface area contributed by atoms with Crippen molar-refractivity contribution in [3.63, 3.8) is 0 Å². The summed E-state index contributed by atoms with van der Waals surface area (Å²) in [6.07, 6.45) is -0.783. The number of amides is 1. The molecular formula is C19H21ClN2O4. The van der Waals surface area contributed by atoms with Gasteiger partial charge in [0.2, 0.25) is 5.91 Å². The topological polar surface area (TPSA) is 73.2 Å². The quantitative estimate of drug-likeness (QED) is 0.808. The SMILES string of the molecule is O=C1CN(c2ccc(Cl)cc2)CCN1C[C@H](O)COc1ccc(O)cc1. The van der Waals surface area contributed by atoms with Crippen molar-refractivity contribution in [2.45, 2.75) is 6.10 Å². The van der Waals surface area contributed by atoms with Gasteiger partial charge in [-0.25, -0.2) is 0 Å². The molecule has 0 unspecified atom stereocenters. The fraction of sp³-hybridized carbons (Fsp3) is 0.316. The van der Waals surface area contributed by atoms with E-state index in [0.717, 1.165) is 5.69 Å². The summed E-state index contributed by atoms with van der Waals surface area (Å²) < 4.78 is 5.48. The maximum Gasteiger partial charge on any atom is 0.242 e. The zero-order valence-corrected chi connectivity index (χ0v) is 15.0. The number of benzene rings is 2. The number of aliphatic hydroxyl groups excluding tert-OH is 1. The molecule has 1 aliphatic heterocycles. The zero-order valence-electron chi connectivity index (χ0n) is 14.2. The molecule has 0 spiro atoms. The van der Waals surface area contributed by atoms with Crippen LogP contribution in [0.4, 0.5) is 5.69 Å². The third-order valence-electron chi connectivity index (χ3n) is 4.22. The number of β-amino-alcohol motifs (C(OH)–C–C–N with tert-alkyl or cyclic N) is 1. The second-order valence-corrected chi connectivity index (χ2v) is 6.63. The summed E-state index contributed by atoms with van der Waals surface area (Å²) in [5.41, 5.74) is 0.957. The Morgan fingerprint density at radius 2 is 1.77 bits per heavy atom. The van der Waals surface area contributed by atoms with Crippen LogP contribution in [0, 0.1) is 0 Å². The summed E-state index contributed by atoms with van der Waals surface area (Å²) in [7, 11) is 0. The van der Waals surface area contributed by atoms with Crippen LogP contribution in [-0.4, -0.2) is 59.9 Å². The minimum Gasteiger partial charge on any atom is -0.508 e. The van der Waals surface area contributed by atoms with Crippen LogP contribution in [0.1, 0.15) is 0 Å². The van der Waals surface area contributed by atoms with Gasteiger partial charge in [0.15, 0.2) is 0 Å². The van der Waals surface area contributed by atoms with Gasteiger partial charge in [0, 0.05) is 23.8 Å². The monoisotopic (exact) mass is 376 g/mol. The van der Waals surface area contributed by atoms with Crippen molar-refractivity contribution in [2.75, 3.05) is 37.7 Å². The zero-order chi connectivity index (χ0) is 18.5. The Hall–Kier alpha value is -2.44. The van der Waals surface area contributed by atoms with Gasteiger partial charge in [-0.15, -0.1) is 0 Å². The van der Waals surface area contributed by atoms with Gasteiger partial charge in [0.25, 0.3) is 0 Å². The van der Waals surface area contributed by atoms with Gasteiger partial charge in [-0.2, -0.15) is 0 Å². The van der Waals surface area contributed by atoms with Gasteiger partial charge in [0.1, 0.15) is 24.2 Å². The number of aliphatic hydroxyl groups is 1. The summed E-state index contributed by atoms with van der Waals surface area (Å²) in [6, 6.07) is 13.7. The number of ether oxygens (including phenoxy) is 1. The molecule has 3 rings (SSSR count). The normalized spacial score (nSPS) is 15.8. The van der Waals surface area contributed by atoms with Gasteiger partial charge in [0.05, 0.1) is 13.1 Å². The van der Waals surface area contributed by atoms with Crippen LogP contribution in [0.3, 0.4) is 0 Å². The van der Waals surface area contributed by atoms with Crippen LogP contribution in [0.5, 0.6) is 11.5 Å². The highest BCUT2D eigenvalue weighted by molar-refractivity contribution is 6.30. The van der Waals surface area contributed by atoms with Gasteiger partial charge in [-0.1, -0.05) is 11.6 Å². The number of carbonyl (C=O) groups excluding carboxylic acids is 1. The van der Waals surface area contributed by atoms with E-state index >= 15 is 0 Å². The van der Waals surface area contributed by atoms with E-state index in [2.05, 4.69) is 0 Å². The summed E-state index contributed by atoms with van der Waals surface area (Å²) in [4.78, 5) is 16.0. The summed E-state index contributed by atoms with van der Waals surface area (Å²) in [5.74, 6) is 0.678. The molecule has 1 atom stereocenters. The maximum atomic E-state index is 12.4. The van der Waals surface area contributed by atoms with Crippen LogP contribution < -0.4 is 9.64 Å². The van der Waals surface area contributed by atoms with E-state index in [-0.39, 0.29) is 31.4 Å². The highest BCUT2D eigenvalue weighted by Crippen LogP contribution is 2.20. The lowest BCUT2D eigenvalue weighted by Gasteiger charge is -2.36. The van der Waals surface area contributed by atoms with Crippen LogP contribution >= 0.6 is 11.6 Å². The van der Waals surface area contributed by atoms with Crippen LogP contribution in [0.25, 0.3) is 0 Å². The number of hydrogen-bond donors (Lipinski definition) is 2. The first-order chi connectivity index (χ1) is 12.5. The minimum atomic E-state index is -0.783. The fourth-order valence-corrected chi connectivity index (χ4v) is 2.94. The first-order valence-corrected chi connectivity index (χ1v) is 8.77. The molecule has 2 N–H and O–H groups in total. The van der Waals surface area contributed by atoms with E-state index in [1.807, 2.05) is 17.0 Å². The summed E-state index contributed by atoms with van der Waals surface area (Å²) in [6.45, 7) is 1.81. The third kappa shape index (κ3) is 4.80. The molecule has 138 valence electrons. The van der Waals surface area contributed by atoms with Gasteiger partial charge >= 0.3 is 0 Å². The fourth-order valence-electron chi connectivity index (χ4n) is 2.82. The molecule has 26 heavy (non-hydrogen) atoms. The van der Waals surface area contributed by atoms with E-state index in [0.29, 0.717) is 23.9 Å². The third-order valence-corrected chi connectivity index (χ3v) is 4.47. The van der Waals surface area contributed by atoms with Crippen molar-refractivity contribution < 1.29 is 19.7 Å². The number of halogens is 1. The molecule has 2 aromatic carbocycles. The minimum absolute atomic E-state index is 0.0325. The van der Waals surface area contributed by atoms with E-state index in [1.54, 1.807) is 29.2 Å². The Morgan fingerprint density at radius 3 is 2.42 bits per heavy atom. The number of nitrogens with zero attached hydrogens (tertiary/aromatic N) is 2. The molecule has 1 aliphatic rings. The molecule has 7 heteroatoms. The van der Waals surface area contributed by atoms with Crippen molar-refractivity contribution in [1.82, 2.24) is 4.90 Å².